The van der Waals surface area contributed by atoms with Gasteiger partial charge < -0.3 is 54.1 Å². The Balaban J connectivity index is 2.18. The van der Waals surface area contributed by atoms with Gasteiger partial charge in [0.25, 0.3) is 0 Å². The average molecular weight is 604 g/mol. The van der Waals surface area contributed by atoms with Crippen LogP contribution in [0.2, 0.25) is 0 Å². The Kier molecular flexibility index (Phi) is 12.9. The number of guanidine groups is 1. The summed E-state index contributed by atoms with van der Waals surface area (Å²) in [7, 11) is 0. The summed E-state index contributed by atoms with van der Waals surface area (Å²) in [5.74, 6) is -6.64. The van der Waals surface area contributed by atoms with E-state index in [4.69, 9.17) is 28.0 Å². The fraction of sp³-hybridized carbons (Fsp3) is 0.423. The summed E-state index contributed by atoms with van der Waals surface area (Å²) in [6.45, 7) is 0.110. The number of primary amides is 1. The number of carbonyl (C=O) groups excluding carboxylic acids is 4. The third kappa shape index (κ3) is 11.3. The third-order valence-corrected chi connectivity index (χ3v) is 6.33. The highest BCUT2D eigenvalue weighted by atomic mass is 16.4. The molecule has 2 rings (SSSR count). The fourth-order valence-electron chi connectivity index (χ4n) is 4.16. The van der Waals surface area contributed by atoms with Crippen molar-refractivity contribution in [2.75, 3.05) is 6.54 Å². The van der Waals surface area contributed by atoms with Crippen molar-refractivity contribution in [2.24, 2.45) is 27.9 Å². The van der Waals surface area contributed by atoms with Crippen molar-refractivity contribution < 1.29 is 39.0 Å². The van der Waals surface area contributed by atoms with E-state index >= 15 is 0 Å². The number of aromatic amines is 1. The molecule has 4 amide bonds. The van der Waals surface area contributed by atoms with Crippen molar-refractivity contribution in [1.82, 2.24) is 20.9 Å². The normalized spacial score (nSPS) is 13.6. The summed E-state index contributed by atoms with van der Waals surface area (Å²) in [5.41, 5.74) is 23.7. The number of carboxylic acids is 2. The smallest absolute Gasteiger partial charge is 0.326 e. The van der Waals surface area contributed by atoms with E-state index in [1.807, 2.05) is 24.3 Å². The van der Waals surface area contributed by atoms with E-state index in [0.29, 0.717) is 0 Å². The van der Waals surface area contributed by atoms with Gasteiger partial charge in [-0.3, -0.25) is 29.0 Å². The first kappa shape index (κ1) is 34.0. The lowest BCUT2D eigenvalue weighted by atomic mass is 10.0. The zero-order chi connectivity index (χ0) is 32.1. The van der Waals surface area contributed by atoms with Gasteiger partial charge in [-0.25, -0.2) is 4.79 Å². The molecule has 0 saturated heterocycles. The standard InChI is InChI=1S/C26H37N9O8/c27-15(10-13-12-32-16-5-2-1-4-14(13)16)22(39)33-17(6-3-9-31-26(29)30)23(40)35-19(11-20(28)36)24(41)34-18(25(42)43)7-8-21(37)38/h1-2,4-5,12,15,17-19,32H,3,6-11,27H2,(H2,28,36)(H,33,39)(H,34,41)(H,35,40)(H,37,38)(H,42,43)(H4,29,30,31). The minimum absolute atomic E-state index is 0.00453. The molecule has 14 N–H and O–H groups in total. The molecule has 2 aromatic rings. The molecule has 0 aliphatic heterocycles. The van der Waals surface area contributed by atoms with Crippen molar-refractivity contribution in [3.63, 3.8) is 0 Å². The van der Waals surface area contributed by atoms with Crippen LogP contribution in [0.1, 0.15) is 37.7 Å². The van der Waals surface area contributed by atoms with Crippen LogP contribution < -0.4 is 38.9 Å². The molecule has 0 aliphatic rings. The number of benzene rings is 1. The van der Waals surface area contributed by atoms with Crippen molar-refractivity contribution in [2.45, 2.75) is 62.7 Å². The molecule has 0 radical (unpaired) electrons. The third-order valence-electron chi connectivity index (χ3n) is 6.33. The SMILES string of the molecule is NC(=O)CC(NC(=O)C(CCCN=C(N)N)NC(=O)C(N)Cc1c[nH]c2ccccc12)C(=O)NC(CCC(=O)O)C(=O)O. The Hall–Kier alpha value is -5.19. The molecule has 0 saturated carbocycles. The van der Waals surface area contributed by atoms with Gasteiger partial charge in [-0.15, -0.1) is 0 Å². The lowest BCUT2D eigenvalue weighted by Gasteiger charge is -2.24. The summed E-state index contributed by atoms with van der Waals surface area (Å²) in [5, 5.41) is 26.0. The molecule has 1 heterocycles. The number of amides is 4. The van der Waals surface area contributed by atoms with Crippen LogP contribution in [-0.2, 0) is 35.2 Å². The van der Waals surface area contributed by atoms with Crippen molar-refractivity contribution >= 4 is 52.4 Å². The molecule has 0 aliphatic carbocycles. The zero-order valence-corrected chi connectivity index (χ0v) is 23.2. The minimum atomic E-state index is -1.63. The monoisotopic (exact) mass is 603 g/mol. The molecule has 17 nitrogen and oxygen atoms in total. The van der Waals surface area contributed by atoms with Crippen LogP contribution in [0.5, 0.6) is 0 Å². The summed E-state index contributed by atoms with van der Waals surface area (Å²) < 4.78 is 0. The van der Waals surface area contributed by atoms with Gasteiger partial charge in [-0.05, 0) is 37.3 Å². The first-order chi connectivity index (χ1) is 20.3. The molecule has 234 valence electrons. The highest BCUT2D eigenvalue weighted by molar-refractivity contribution is 5.96. The molecule has 17 heteroatoms. The van der Waals surface area contributed by atoms with Gasteiger partial charge in [0.2, 0.25) is 23.6 Å². The Morgan fingerprint density at radius 2 is 1.49 bits per heavy atom. The highest BCUT2D eigenvalue weighted by Crippen LogP contribution is 2.19. The summed E-state index contributed by atoms with van der Waals surface area (Å²) >= 11 is 0. The van der Waals surface area contributed by atoms with Crippen LogP contribution in [0.3, 0.4) is 0 Å². The van der Waals surface area contributed by atoms with Crippen molar-refractivity contribution in [1.29, 1.82) is 0 Å². The van der Waals surface area contributed by atoms with Crippen molar-refractivity contribution in [3.8, 4) is 0 Å². The zero-order valence-electron chi connectivity index (χ0n) is 23.2. The first-order valence-corrected chi connectivity index (χ1v) is 13.3. The maximum Gasteiger partial charge on any atom is 0.326 e. The van der Waals surface area contributed by atoms with Gasteiger partial charge in [-0.2, -0.15) is 0 Å². The number of rotatable bonds is 18. The van der Waals surface area contributed by atoms with Crippen molar-refractivity contribution in [3.05, 3.63) is 36.0 Å². The number of carboxylic acid groups (broad SMARTS) is 2. The Labute approximate surface area is 245 Å². The summed E-state index contributed by atoms with van der Waals surface area (Å²) in [6, 6.07) is 1.85. The van der Waals surface area contributed by atoms with E-state index in [1.165, 1.54) is 0 Å². The largest absolute Gasteiger partial charge is 0.481 e. The fourth-order valence-corrected chi connectivity index (χ4v) is 4.16. The Morgan fingerprint density at radius 3 is 2.12 bits per heavy atom. The van der Waals surface area contributed by atoms with Gasteiger partial charge in [0.1, 0.15) is 18.1 Å². The van der Waals surface area contributed by atoms with Crippen LogP contribution in [-0.4, -0.2) is 87.4 Å². The number of aromatic nitrogens is 1. The van der Waals surface area contributed by atoms with E-state index in [2.05, 4.69) is 25.9 Å². The summed E-state index contributed by atoms with van der Waals surface area (Å²) in [6.07, 6.45) is 0.352. The van der Waals surface area contributed by atoms with Crippen LogP contribution in [0, 0.1) is 0 Å². The average Bonchev–Trinajstić information content (AvgIpc) is 3.33. The number of aliphatic imine (C=N–C) groups is 1. The van der Waals surface area contributed by atoms with Gasteiger partial charge in [0.15, 0.2) is 5.96 Å². The van der Waals surface area contributed by atoms with Crippen LogP contribution in [0.25, 0.3) is 10.9 Å². The maximum atomic E-state index is 13.3. The molecule has 0 bridgehead atoms. The van der Waals surface area contributed by atoms with E-state index < -0.39 is 79.0 Å². The van der Waals surface area contributed by atoms with Gasteiger partial charge in [0, 0.05) is 30.1 Å². The number of hydrogen-bond donors (Lipinski definition) is 10. The number of fused-ring (bicyclic) bond motifs is 1. The second-order valence-electron chi connectivity index (χ2n) is 9.74. The number of nitrogens with two attached hydrogens (primary N) is 4. The lowest BCUT2D eigenvalue weighted by molar-refractivity contribution is -0.143. The van der Waals surface area contributed by atoms with Gasteiger partial charge >= 0.3 is 11.9 Å². The van der Waals surface area contributed by atoms with E-state index in [9.17, 15) is 33.9 Å². The number of H-pyrrole nitrogens is 1. The predicted molar refractivity (Wildman–Crippen MR) is 154 cm³/mol. The molecular weight excluding hydrogens is 566 g/mol. The van der Waals surface area contributed by atoms with Crippen LogP contribution in [0.15, 0.2) is 35.5 Å². The van der Waals surface area contributed by atoms with Gasteiger partial charge in [0.05, 0.1) is 12.5 Å². The number of nitrogens with one attached hydrogen (secondary N) is 4. The van der Waals surface area contributed by atoms with Gasteiger partial charge in [-0.1, -0.05) is 18.2 Å². The van der Waals surface area contributed by atoms with E-state index in [1.54, 1.807) is 6.20 Å². The number of para-hydroxylation sites is 1. The number of aliphatic carboxylic acids is 2. The Bertz CT molecular complexity index is 1360. The van der Waals surface area contributed by atoms with Crippen LogP contribution >= 0.6 is 0 Å². The maximum absolute atomic E-state index is 13.3. The molecule has 43 heavy (non-hydrogen) atoms. The topological polar surface area (TPSA) is 311 Å². The number of hydrogen-bond acceptors (Lipinski definition) is 8. The minimum Gasteiger partial charge on any atom is -0.481 e. The molecular formula is C26H37N9O8. The van der Waals surface area contributed by atoms with E-state index in [0.717, 1.165) is 16.5 Å². The number of carbonyl (C=O) groups is 6. The Morgan fingerprint density at radius 1 is 0.860 bits per heavy atom. The predicted octanol–water partition coefficient (Wildman–Crippen LogP) is -2.63. The van der Waals surface area contributed by atoms with E-state index in [-0.39, 0.29) is 31.8 Å². The lowest BCUT2D eigenvalue weighted by Crippen LogP contribution is -2.58. The summed E-state index contributed by atoms with van der Waals surface area (Å²) in [4.78, 5) is 80.1. The number of nitrogens with zero attached hydrogens (tertiary/aromatic N) is 1. The van der Waals surface area contributed by atoms with Crippen LogP contribution in [0.4, 0.5) is 0 Å². The molecule has 4 atom stereocenters. The second-order valence-corrected chi connectivity index (χ2v) is 9.74. The second kappa shape index (κ2) is 16.3. The highest BCUT2D eigenvalue weighted by Gasteiger charge is 2.31. The molecule has 0 fully saturated rings. The quantitative estimate of drug-likeness (QED) is 0.0477. The molecule has 0 spiro atoms. The molecule has 4 unspecified atom stereocenters. The molecule has 1 aromatic carbocycles. The molecule has 1 aromatic heterocycles. The first-order valence-electron chi connectivity index (χ1n) is 13.3.